The van der Waals surface area contributed by atoms with Crippen molar-refractivity contribution < 1.29 is 8.42 Å². The average molecular weight is 317 g/mol. The predicted molar refractivity (Wildman–Crippen MR) is 87.3 cm³/mol. The summed E-state index contributed by atoms with van der Waals surface area (Å²) in [7, 11) is -1.96. The molecule has 0 saturated carbocycles. The Morgan fingerprint density at radius 3 is 2.55 bits per heavy atom. The molecule has 0 amide bonds. The highest BCUT2D eigenvalue weighted by molar-refractivity contribution is 7.93. The van der Waals surface area contributed by atoms with Crippen molar-refractivity contribution in [3.8, 4) is 12.3 Å². The molecule has 1 heterocycles. The van der Waals surface area contributed by atoms with Gasteiger partial charge in [0, 0.05) is 19.2 Å². The fourth-order valence-electron chi connectivity index (χ4n) is 2.48. The average Bonchev–Trinajstić information content (AvgIpc) is 2.73. The van der Waals surface area contributed by atoms with Crippen molar-refractivity contribution in [2.75, 3.05) is 10.8 Å². The molecule has 6 heteroatoms. The Morgan fingerprint density at radius 2 is 2.05 bits per heavy atom. The second-order valence-electron chi connectivity index (χ2n) is 4.99. The van der Waals surface area contributed by atoms with E-state index in [1.165, 1.54) is 4.31 Å². The zero-order valence-corrected chi connectivity index (χ0v) is 14.0. The largest absolute Gasteiger partial charge is 0.271 e. The third kappa shape index (κ3) is 2.60. The number of aromatic nitrogens is 2. The van der Waals surface area contributed by atoms with Gasteiger partial charge in [0.2, 0.25) is 0 Å². The fraction of sp³-hybridized carbons (Fsp3) is 0.312. The van der Waals surface area contributed by atoms with Gasteiger partial charge in [0.1, 0.15) is 4.90 Å². The molecule has 5 nitrogen and oxygen atoms in total. The summed E-state index contributed by atoms with van der Waals surface area (Å²) in [6.45, 7) is 5.55. The lowest BCUT2D eigenvalue weighted by Crippen LogP contribution is -2.31. The van der Waals surface area contributed by atoms with E-state index in [1.807, 2.05) is 0 Å². The van der Waals surface area contributed by atoms with E-state index in [1.54, 1.807) is 56.8 Å². The standard InChI is InChI=1S/C16H19N3O2S/c1-6-14-9-8-10-15(11-14)19(7-2)22(20,21)16-12(3)17-18(5)13(16)4/h1,8-11H,7H2,2-5H3. The van der Waals surface area contributed by atoms with E-state index in [4.69, 9.17) is 6.42 Å². The summed E-state index contributed by atoms with van der Waals surface area (Å²) in [6, 6.07) is 6.96. The van der Waals surface area contributed by atoms with Crippen LogP contribution in [-0.4, -0.2) is 24.7 Å². The van der Waals surface area contributed by atoms with E-state index in [9.17, 15) is 8.42 Å². The first-order valence-electron chi connectivity index (χ1n) is 6.92. The molecule has 0 fully saturated rings. The van der Waals surface area contributed by atoms with Crippen LogP contribution < -0.4 is 4.31 Å². The minimum absolute atomic E-state index is 0.253. The Labute approximate surface area is 131 Å². The molecule has 0 spiro atoms. The Morgan fingerprint density at radius 1 is 1.36 bits per heavy atom. The van der Waals surface area contributed by atoms with Crippen LogP contribution in [0.1, 0.15) is 23.9 Å². The van der Waals surface area contributed by atoms with Crippen LogP contribution in [-0.2, 0) is 17.1 Å². The molecule has 0 aliphatic heterocycles. The number of hydrogen-bond acceptors (Lipinski definition) is 3. The van der Waals surface area contributed by atoms with Gasteiger partial charge in [-0.2, -0.15) is 5.10 Å². The summed E-state index contributed by atoms with van der Waals surface area (Å²) in [4.78, 5) is 0.253. The molecule has 0 N–H and O–H groups in total. The maximum atomic E-state index is 13.0. The van der Waals surface area contributed by atoms with Crippen LogP contribution in [0.3, 0.4) is 0 Å². The van der Waals surface area contributed by atoms with Crippen molar-refractivity contribution in [1.82, 2.24) is 9.78 Å². The second kappa shape index (κ2) is 5.85. The molecule has 116 valence electrons. The zero-order chi connectivity index (χ0) is 16.5. The molecule has 22 heavy (non-hydrogen) atoms. The first kappa shape index (κ1) is 16.1. The van der Waals surface area contributed by atoms with Crippen molar-refractivity contribution in [3.63, 3.8) is 0 Å². The Bertz CT molecular complexity index is 845. The summed E-state index contributed by atoms with van der Waals surface area (Å²) in [5.74, 6) is 2.53. The number of hydrogen-bond donors (Lipinski definition) is 0. The van der Waals surface area contributed by atoms with Gasteiger partial charge < -0.3 is 0 Å². The maximum Gasteiger partial charge on any atom is 0.267 e. The SMILES string of the molecule is C#Cc1cccc(N(CC)S(=O)(=O)c2c(C)nn(C)c2C)c1. The predicted octanol–water partition coefficient (Wildman–Crippen LogP) is 2.23. The molecule has 0 unspecified atom stereocenters. The van der Waals surface area contributed by atoms with Crippen LogP contribution >= 0.6 is 0 Å². The number of terminal acetylenes is 1. The third-order valence-corrected chi connectivity index (χ3v) is 5.73. The summed E-state index contributed by atoms with van der Waals surface area (Å²) in [5, 5.41) is 4.20. The van der Waals surface area contributed by atoms with Crippen LogP contribution in [0.4, 0.5) is 5.69 Å². The summed E-state index contributed by atoms with van der Waals surface area (Å²) in [6.07, 6.45) is 5.40. The molecule has 0 saturated heterocycles. The molecular formula is C16H19N3O2S. The first-order valence-corrected chi connectivity index (χ1v) is 8.36. The molecule has 0 aliphatic rings. The van der Waals surface area contributed by atoms with E-state index >= 15 is 0 Å². The number of nitrogens with zero attached hydrogens (tertiary/aromatic N) is 3. The molecule has 2 rings (SSSR count). The first-order chi connectivity index (χ1) is 10.3. The summed E-state index contributed by atoms with van der Waals surface area (Å²) < 4.78 is 29.0. The van der Waals surface area contributed by atoms with E-state index in [0.29, 0.717) is 29.2 Å². The molecule has 2 aromatic rings. The minimum Gasteiger partial charge on any atom is -0.271 e. The van der Waals surface area contributed by atoms with Gasteiger partial charge >= 0.3 is 0 Å². The molecular weight excluding hydrogens is 298 g/mol. The van der Waals surface area contributed by atoms with Crippen LogP contribution in [0.2, 0.25) is 0 Å². The Balaban J connectivity index is 2.61. The van der Waals surface area contributed by atoms with Crippen molar-refractivity contribution in [3.05, 3.63) is 41.2 Å². The quantitative estimate of drug-likeness (QED) is 0.813. The highest BCUT2D eigenvalue weighted by Gasteiger charge is 2.30. The fourth-order valence-corrected chi connectivity index (χ4v) is 4.35. The summed E-state index contributed by atoms with van der Waals surface area (Å²) in [5.41, 5.74) is 2.31. The highest BCUT2D eigenvalue weighted by atomic mass is 32.2. The van der Waals surface area contributed by atoms with Crippen molar-refractivity contribution in [2.45, 2.75) is 25.7 Å². The topological polar surface area (TPSA) is 55.2 Å². The van der Waals surface area contributed by atoms with E-state index in [-0.39, 0.29) is 4.90 Å². The molecule has 1 aromatic heterocycles. The van der Waals surface area contributed by atoms with E-state index < -0.39 is 10.0 Å². The minimum atomic E-state index is -3.69. The Hall–Kier alpha value is -2.26. The van der Waals surface area contributed by atoms with E-state index in [0.717, 1.165) is 0 Å². The van der Waals surface area contributed by atoms with Gasteiger partial charge in [-0.1, -0.05) is 12.0 Å². The number of aryl methyl sites for hydroxylation is 2. The van der Waals surface area contributed by atoms with Crippen LogP contribution in [0.5, 0.6) is 0 Å². The van der Waals surface area contributed by atoms with Crippen LogP contribution in [0.25, 0.3) is 0 Å². The molecule has 1 aromatic carbocycles. The normalized spacial score (nSPS) is 11.2. The number of anilines is 1. The zero-order valence-electron chi connectivity index (χ0n) is 13.2. The van der Waals surface area contributed by atoms with Gasteiger partial charge in [0.15, 0.2) is 0 Å². The summed E-state index contributed by atoms with van der Waals surface area (Å²) >= 11 is 0. The van der Waals surface area contributed by atoms with E-state index in [2.05, 4.69) is 11.0 Å². The maximum absolute atomic E-state index is 13.0. The van der Waals surface area contributed by atoms with Crippen molar-refractivity contribution in [2.24, 2.45) is 7.05 Å². The number of rotatable bonds is 4. The Kier molecular flexibility index (Phi) is 4.29. The van der Waals surface area contributed by atoms with Gasteiger partial charge in [0.05, 0.1) is 17.1 Å². The van der Waals surface area contributed by atoms with Crippen LogP contribution in [0.15, 0.2) is 29.2 Å². The van der Waals surface area contributed by atoms with Gasteiger partial charge in [-0.25, -0.2) is 8.42 Å². The lowest BCUT2D eigenvalue weighted by atomic mass is 10.2. The van der Waals surface area contributed by atoms with Gasteiger partial charge in [-0.15, -0.1) is 6.42 Å². The number of benzene rings is 1. The lowest BCUT2D eigenvalue weighted by Gasteiger charge is -2.23. The van der Waals surface area contributed by atoms with Gasteiger partial charge in [0.25, 0.3) is 10.0 Å². The molecule has 0 bridgehead atoms. The molecule has 0 aliphatic carbocycles. The van der Waals surface area contributed by atoms with Gasteiger partial charge in [-0.3, -0.25) is 8.99 Å². The highest BCUT2D eigenvalue weighted by Crippen LogP contribution is 2.27. The smallest absolute Gasteiger partial charge is 0.267 e. The van der Waals surface area contributed by atoms with Gasteiger partial charge in [-0.05, 0) is 39.0 Å². The second-order valence-corrected chi connectivity index (χ2v) is 6.79. The van der Waals surface area contributed by atoms with Crippen LogP contribution in [0, 0.1) is 26.2 Å². The monoisotopic (exact) mass is 317 g/mol. The molecule has 0 atom stereocenters. The van der Waals surface area contributed by atoms with Crippen molar-refractivity contribution in [1.29, 1.82) is 0 Å². The third-order valence-electron chi connectivity index (χ3n) is 3.58. The lowest BCUT2D eigenvalue weighted by molar-refractivity contribution is 0.590. The molecule has 0 radical (unpaired) electrons. The number of sulfonamides is 1. The van der Waals surface area contributed by atoms with Crippen molar-refractivity contribution >= 4 is 15.7 Å².